The van der Waals surface area contributed by atoms with E-state index in [9.17, 15) is 9.59 Å². The van der Waals surface area contributed by atoms with Crippen molar-refractivity contribution >= 4 is 22.7 Å². The minimum absolute atomic E-state index is 0.149. The molecular formula is C22H31NO2S. The highest BCUT2D eigenvalue weighted by Gasteiger charge is 2.44. The maximum Gasteiger partial charge on any atom is 0.219 e. The maximum atomic E-state index is 12.0. The average molecular weight is 374 g/mol. The van der Waals surface area contributed by atoms with Crippen molar-refractivity contribution < 1.29 is 9.59 Å². The van der Waals surface area contributed by atoms with Gasteiger partial charge >= 0.3 is 0 Å². The first-order valence-electron chi connectivity index (χ1n) is 9.92. The number of ketones is 1. The summed E-state index contributed by atoms with van der Waals surface area (Å²) in [6.07, 6.45) is 7.90. The van der Waals surface area contributed by atoms with Crippen LogP contribution in [0, 0.1) is 17.8 Å². The molecule has 26 heavy (non-hydrogen) atoms. The molecule has 4 heteroatoms. The van der Waals surface area contributed by atoms with Crippen LogP contribution in [-0.4, -0.2) is 41.2 Å². The molecule has 3 nitrogen and oxygen atoms in total. The number of likely N-dealkylation sites (tertiary alicyclic amines) is 1. The number of fused-ring (bicyclic) bond motifs is 2. The molecule has 2 fully saturated rings. The molecule has 1 aliphatic heterocycles. The van der Waals surface area contributed by atoms with Crippen molar-refractivity contribution in [3.8, 4) is 0 Å². The Labute approximate surface area is 161 Å². The van der Waals surface area contributed by atoms with E-state index < -0.39 is 0 Å². The summed E-state index contributed by atoms with van der Waals surface area (Å²) in [6, 6.07) is 8.73. The van der Waals surface area contributed by atoms with E-state index in [1.54, 1.807) is 0 Å². The Morgan fingerprint density at radius 3 is 2.73 bits per heavy atom. The van der Waals surface area contributed by atoms with Crippen LogP contribution in [0.3, 0.4) is 0 Å². The first kappa shape index (κ1) is 19.6. The SMILES string of the molecule is CSC(=O)c1cccc(CCCC2C[C@@H]3C[C@H]2CN3CC(=O)C(C)C)c1. The summed E-state index contributed by atoms with van der Waals surface area (Å²) in [7, 11) is 0. The second-order valence-corrected chi connectivity index (χ2v) is 9.06. The molecule has 3 atom stereocenters. The Kier molecular flexibility index (Phi) is 6.57. The monoisotopic (exact) mass is 373 g/mol. The molecule has 0 N–H and O–H groups in total. The van der Waals surface area contributed by atoms with Crippen LogP contribution >= 0.6 is 11.8 Å². The maximum absolute atomic E-state index is 12.0. The van der Waals surface area contributed by atoms with Gasteiger partial charge in [0, 0.05) is 24.1 Å². The number of hydrogen-bond acceptors (Lipinski definition) is 4. The summed E-state index contributed by atoms with van der Waals surface area (Å²) in [5.41, 5.74) is 2.09. The lowest BCUT2D eigenvalue weighted by molar-refractivity contribution is -0.123. The summed E-state index contributed by atoms with van der Waals surface area (Å²) in [4.78, 5) is 26.3. The van der Waals surface area contributed by atoms with Gasteiger partial charge < -0.3 is 0 Å². The fraction of sp³-hybridized carbons (Fsp3) is 0.636. The third-order valence-electron chi connectivity index (χ3n) is 6.19. The summed E-state index contributed by atoms with van der Waals surface area (Å²) >= 11 is 1.28. The Morgan fingerprint density at radius 2 is 2.08 bits per heavy atom. The topological polar surface area (TPSA) is 37.4 Å². The summed E-state index contributed by atoms with van der Waals surface area (Å²) < 4.78 is 0. The van der Waals surface area contributed by atoms with Gasteiger partial charge in [0.2, 0.25) is 5.12 Å². The minimum atomic E-state index is 0.149. The van der Waals surface area contributed by atoms with Crippen LogP contribution in [0.4, 0.5) is 0 Å². The van der Waals surface area contributed by atoms with Crippen molar-refractivity contribution in [2.24, 2.45) is 17.8 Å². The van der Waals surface area contributed by atoms with E-state index in [4.69, 9.17) is 0 Å². The van der Waals surface area contributed by atoms with Gasteiger partial charge in [-0.2, -0.15) is 0 Å². The number of thioether (sulfide) groups is 1. The quantitative estimate of drug-likeness (QED) is 0.675. The number of aryl methyl sites for hydroxylation is 1. The van der Waals surface area contributed by atoms with Crippen LogP contribution in [0.25, 0.3) is 0 Å². The van der Waals surface area contributed by atoms with Crippen molar-refractivity contribution in [2.75, 3.05) is 19.3 Å². The largest absolute Gasteiger partial charge is 0.298 e. The van der Waals surface area contributed by atoms with Crippen LogP contribution in [-0.2, 0) is 11.2 Å². The lowest BCUT2D eigenvalue weighted by Crippen LogP contribution is -2.40. The van der Waals surface area contributed by atoms with Gasteiger partial charge in [-0.25, -0.2) is 0 Å². The fourth-order valence-electron chi connectivity index (χ4n) is 4.62. The Hall–Kier alpha value is -1.13. The molecule has 142 valence electrons. The summed E-state index contributed by atoms with van der Waals surface area (Å²) in [5, 5.41) is 0.149. The second-order valence-electron chi connectivity index (χ2n) is 8.28. The molecule has 1 aromatic carbocycles. The number of carbonyl (C=O) groups is 2. The van der Waals surface area contributed by atoms with Gasteiger partial charge in [0.1, 0.15) is 5.78 Å². The number of Topliss-reactive ketones (excluding diaryl/α,β-unsaturated/α-hetero) is 1. The van der Waals surface area contributed by atoms with E-state index in [1.165, 1.54) is 43.0 Å². The predicted molar refractivity (Wildman–Crippen MR) is 109 cm³/mol. The van der Waals surface area contributed by atoms with Crippen molar-refractivity contribution in [2.45, 2.75) is 52.0 Å². The van der Waals surface area contributed by atoms with Gasteiger partial charge in [0.15, 0.2) is 0 Å². The lowest BCUT2D eigenvalue weighted by atomic mass is 9.88. The van der Waals surface area contributed by atoms with Crippen molar-refractivity contribution in [3.63, 3.8) is 0 Å². The highest BCUT2D eigenvalue weighted by atomic mass is 32.2. The van der Waals surface area contributed by atoms with Gasteiger partial charge in [-0.05, 0) is 61.8 Å². The Bertz CT molecular complexity index is 657. The zero-order valence-corrected chi connectivity index (χ0v) is 17.1. The molecule has 1 saturated heterocycles. The van der Waals surface area contributed by atoms with Gasteiger partial charge in [-0.3, -0.25) is 14.5 Å². The number of benzene rings is 1. The third kappa shape index (κ3) is 4.58. The molecule has 0 radical (unpaired) electrons. The predicted octanol–water partition coefficient (Wildman–Crippen LogP) is 4.45. The molecule has 0 amide bonds. The van der Waals surface area contributed by atoms with Crippen molar-refractivity contribution in [1.29, 1.82) is 0 Å². The lowest BCUT2D eigenvalue weighted by Gasteiger charge is -2.31. The molecule has 3 rings (SSSR count). The van der Waals surface area contributed by atoms with E-state index in [0.29, 0.717) is 18.4 Å². The molecule has 0 spiro atoms. The van der Waals surface area contributed by atoms with Crippen LogP contribution < -0.4 is 0 Å². The van der Waals surface area contributed by atoms with E-state index in [0.717, 1.165) is 30.4 Å². The van der Waals surface area contributed by atoms with Crippen molar-refractivity contribution in [1.82, 2.24) is 4.90 Å². The zero-order valence-electron chi connectivity index (χ0n) is 16.2. The first-order chi connectivity index (χ1) is 12.5. The van der Waals surface area contributed by atoms with Gasteiger partial charge in [0.25, 0.3) is 0 Å². The summed E-state index contributed by atoms with van der Waals surface area (Å²) in [6.45, 7) is 5.77. The van der Waals surface area contributed by atoms with Gasteiger partial charge in [-0.15, -0.1) is 0 Å². The van der Waals surface area contributed by atoms with Crippen molar-refractivity contribution in [3.05, 3.63) is 35.4 Å². The minimum Gasteiger partial charge on any atom is -0.298 e. The molecule has 2 aliphatic rings. The number of hydrogen-bond donors (Lipinski definition) is 0. The number of rotatable bonds is 8. The zero-order chi connectivity index (χ0) is 18.7. The van der Waals surface area contributed by atoms with Gasteiger partial charge in [0.05, 0.1) is 6.54 Å². The number of nitrogens with zero attached hydrogens (tertiary/aromatic N) is 1. The molecule has 1 unspecified atom stereocenters. The molecule has 1 aromatic rings. The van der Waals surface area contributed by atoms with Crippen LogP contribution in [0.15, 0.2) is 24.3 Å². The fourth-order valence-corrected chi connectivity index (χ4v) is 4.98. The summed E-state index contributed by atoms with van der Waals surface area (Å²) in [5.74, 6) is 2.14. The van der Waals surface area contributed by atoms with Gasteiger partial charge in [-0.1, -0.05) is 43.8 Å². The second kappa shape index (κ2) is 8.71. The average Bonchev–Trinajstić information content (AvgIpc) is 3.21. The molecule has 2 bridgehead atoms. The third-order valence-corrected chi connectivity index (χ3v) is 6.80. The van der Waals surface area contributed by atoms with Crippen LogP contribution in [0.1, 0.15) is 55.5 Å². The molecular weight excluding hydrogens is 342 g/mol. The molecule has 1 saturated carbocycles. The first-order valence-corrected chi connectivity index (χ1v) is 11.1. The van der Waals surface area contributed by atoms with E-state index in [2.05, 4.69) is 17.0 Å². The molecule has 0 aromatic heterocycles. The van der Waals surface area contributed by atoms with E-state index >= 15 is 0 Å². The number of piperidine rings is 1. The van der Waals surface area contributed by atoms with E-state index in [1.807, 2.05) is 32.2 Å². The highest BCUT2D eigenvalue weighted by Crippen LogP contribution is 2.44. The van der Waals surface area contributed by atoms with Crippen LogP contribution in [0.2, 0.25) is 0 Å². The number of carbonyl (C=O) groups excluding carboxylic acids is 2. The Balaban J connectivity index is 1.44. The molecule has 1 heterocycles. The molecule has 1 aliphatic carbocycles. The standard InChI is InChI=1S/C22H31NO2S/c1-15(2)21(24)14-23-13-19-12-20(23)11-17(19)8-4-6-16-7-5-9-18(10-16)22(25)26-3/h5,7,9-10,15,17,19-20H,4,6,8,11-14H2,1-3H3/t17?,19-,20+/m0/s1. The Morgan fingerprint density at radius 1 is 1.27 bits per heavy atom. The normalized spacial score (nSPS) is 25.2. The smallest absolute Gasteiger partial charge is 0.219 e. The van der Waals surface area contributed by atoms with Crippen LogP contribution in [0.5, 0.6) is 0 Å². The van der Waals surface area contributed by atoms with E-state index in [-0.39, 0.29) is 11.0 Å². The highest BCUT2D eigenvalue weighted by molar-refractivity contribution is 8.13.